The van der Waals surface area contributed by atoms with E-state index in [-0.39, 0.29) is 6.61 Å². The fourth-order valence-electron chi connectivity index (χ4n) is 2.72. The molecule has 0 spiro atoms. The highest BCUT2D eigenvalue weighted by molar-refractivity contribution is 6.32. The molecule has 0 aliphatic rings. The van der Waals surface area contributed by atoms with E-state index in [9.17, 15) is 0 Å². The summed E-state index contributed by atoms with van der Waals surface area (Å²) in [6, 6.07) is 7.24. The summed E-state index contributed by atoms with van der Waals surface area (Å²) >= 11 is 12.5. The lowest BCUT2D eigenvalue weighted by Gasteiger charge is -2.08. The van der Waals surface area contributed by atoms with E-state index < -0.39 is 0 Å². The molecule has 2 heterocycles. The van der Waals surface area contributed by atoms with E-state index >= 15 is 0 Å². The van der Waals surface area contributed by atoms with Crippen molar-refractivity contribution in [3.8, 4) is 11.6 Å². The monoisotopic (exact) mass is 421 g/mol. The molecule has 148 valence electrons. The van der Waals surface area contributed by atoms with Crippen LogP contribution in [0.5, 0.6) is 11.6 Å². The van der Waals surface area contributed by atoms with Crippen LogP contribution in [0.1, 0.15) is 29.6 Å². The molecule has 3 rings (SSSR count). The highest BCUT2D eigenvalue weighted by atomic mass is 35.5. The Morgan fingerprint density at radius 2 is 1.89 bits per heavy atom. The zero-order chi connectivity index (χ0) is 20.3. The summed E-state index contributed by atoms with van der Waals surface area (Å²) in [5.74, 6) is 1.06. The number of oxime groups is 1. The second kappa shape index (κ2) is 8.67. The van der Waals surface area contributed by atoms with E-state index in [0.29, 0.717) is 27.2 Å². The van der Waals surface area contributed by atoms with Gasteiger partial charge in [0.1, 0.15) is 5.75 Å². The maximum atomic E-state index is 6.32. The molecule has 0 bridgehead atoms. The Bertz CT molecular complexity index is 1010. The van der Waals surface area contributed by atoms with Gasteiger partial charge in [0.2, 0.25) is 5.88 Å². The van der Waals surface area contributed by atoms with Gasteiger partial charge in [-0.15, -0.1) is 0 Å². The molecule has 0 unspecified atom stereocenters. The van der Waals surface area contributed by atoms with Crippen LogP contribution in [0.15, 0.2) is 29.4 Å². The number of hydrogen-bond donors (Lipinski definition) is 0. The molecule has 28 heavy (non-hydrogen) atoms. The topological polar surface area (TPSA) is 66.5 Å². The largest absolute Gasteiger partial charge is 0.437 e. The highest BCUT2D eigenvalue weighted by Gasteiger charge is 2.16. The van der Waals surface area contributed by atoms with Gasteiger partial charge >= 0.3 is 0 Å². The zero-order valence-electron chi connectivity index (χ0n) is 16.1. The molecule has 0 atom stereocenters. The van der Waals surface area contributed by atoms with Gasteiger partial charge < -0.3 is 9.57 Å². The van der Waals surface area contributed by atoms with Crippen LogP contribution in [0.4, 0.5) is 0 Å². The second-order valence-corrected chi connectivity index (χ2v) is 6.94. The molecule has 1 aromatic carbocycles. The smallest absolute Gasteiger partial charge is 0.226 e. The minimum Gasteiger partial charge on any atom is -0.437 e. The van der Waals surface area contributed by atoms with E-state index in [1.54, 1.807) is 34.8 Å². The molecule has 0 fully saturated rings. The van der Waals surface area contributed by atoms with Gasteiger partial charge in [-0.05, 0) is 25.5 Å². The fraction of sp³-hybridized carbons (Fsp3) is 0.316. The van der Waals surface area contributed by atoms with Gasteiger partial charge in [-0.1, -0.05) is 47.4 Å². The van der Waals surface area contributed by atoms with Crippen molar-refractivity contribution < 1.29 is 9.57 Å². The van der Waals surface area contributed by atoms with Gasteiger partial charge in [-0.25, -0.2) is 4.68 Å². The number of para-hydroxylation sites is 1. The van der Waals surface area contributed by atoms with Crippen LogP contribution < -0.4 is 4.74 Å². The third kappa shape index (κ3) is 4.15. The van der Waals surface area contributed by atoms with Crippen molar-refractivity contribution in [2.45, 2.75) is 26.9 Å². The Hall–Kier alpha value is -2.51. The van der Waals surface area contributed by atoms with Crippen LogP contribution >= 0.6 is 23.2 Å². The van der Waals surface area contributed by atoms with Crippen molar-refractivity contribution >= 4 is 29.4 Å². The number of rotatable bonds is 7. The average molecular weight is 422 g/mol. The van der Waals surface area contributed by atoms with Crippen molar-refractivity contribution in [1.82, 2.24) is 19.6 Å². The highest BCUT2D eigenvalue weighted by Crippen LogP contribution is 2.31. The molecule has 0 aliphatic carbocycles. The number of nitrogens with zero attached hydrogens (tertiary/aromatic N) is 5. The first kappa shape index (κ1) is 20.2. The molecule has 0 N–H and O–H groups in total. The molecular formula is C19H21Cl2N5O2. The van der Waals surface area contributed by atoms with E-state index in [0.717, 1.165) is 23.5 Å². The molecule has 0 saturated carbocycles. The molecule has 3 aromatic rings. The third-order valence-electron chi connectivity index (χ3n) is 4.22. The number of aromatic nitrogens is 4. The molecule has 0 radical (unpaired) electrons. The molecule has 9 heteroatoms. The number of aryl methyl sites for hydroxylation is 4. The SMILES string of the molecule is CCc1nn(C)c(CO/N=C/c2c(C)nn(C)c2Oc2ccccc2Cl)c1Cl. The van der Waals surface area contributed by atoms with Crippen molar-refractivity contribution in [2.75, 3.05) is 0 Å². The number of halogens is 2. The maximum absolute atomic E-state index is 6.32. The third-order valence-corrected chi connectivity index (χ3v) is 4.97. The number of hydrogen-bond acceptors (Lipinski definition) is 5. The van der Waals surface area contributed by atoms with Crippen LogP contribution in [-0.4, -0.2) is 25.8 Å². The summed E-state index contributed by atoms with van der Waals surface area (Å²) in [5.41, 5.74) is 3.06. The summed E-state index contributed by atoms with van der Waals surface area (Å²) < 4.78 is 9.29. The van der Waals surface area contributed by atoms with Crippen LogP contribution in [0, 0.1) is 6.92 Å². The lowest BCUT2D eigenvalue weighted by atomic mass is 10.3. The van der Waals surface area contributed by atoms with E-state index in [2.05, 4.69) is 15.4 Å². The lowest BCUT2D eigenvalue weighted by Crippen LogP contribution is -2.00. The number of ether oxygens (including phenoxy) is 1. The summed E-state index contributed by atoms with van der Waals surface area (Å²) in [5, 5.41) is 13.9. The summed E-state index contributed by atoms with van der Waals surface area (Å²) in [6.45, 7) is 4.08. The van der Waals surface area contributed by atoms with Crippen molar-refractivity contribution in [1.29, 1.82) is 0 Å². The van der Waals surface area contributed by atoms with Crippen molar-refractivity contribution in [2.24, 2.45) is 19.3 Å². The van der Waals surface area contributed by atoms with Gasteiger partial charge in [0.15, 0.2) is 6.61 Å². The van der Waals surface area contributed by atoms with E-state index in [1.165, 1.54) is 0 Å². The minimum absolute atomic E-state index is 0.207. The van der Waals surface area contributed by atoms with Gasteiger partial charge in [0, 0.05) is 14.1 Å². The van der Waals surface area contributed by atoms with Crippen molar-refractivity contribution in [3.05, 3.63) is 57.0 Å². The fourth-order valence-corrected chi connectivity index (χ4v) is 3.24. The van der Waals surface area contributed by atoms with Gasteiger partial charge in [-0.3, -0.25) is 4.68 Å². The van der Waals surface area contributed by atoms with Crippen LogP contribution in [0.3, 0.4) is 0 Å². The Labute approximate surface area is 173 Å². The normalized spacial score (nSPS) is 11.4. The Morgan fingerprint density at radius 3 is 2.57 bits per heavy atom. The van der Waals surface area contributed by atoms with Crippen molar-refractivity contribution in [3.63, 3.8) is 0 Å². The lowest BCUT2D eigenvalue weighted by molar-refractivity contribution is 0.126. The van der Waals surface area contributed by atoms with Crippen LogP contribution in [-0.2, 0) is 32.0 Å². The van der Waals surface area contributed by atoms with Gasteiger partial charge in [0.25, 0.3) is 0 Å². The zero-order valence-corrected chi connectivity index (χ0v) is 17.6. The predicted molar refractivity (Wildman–Crippen MR) is 109 cm³/mol. The first-order valence-electron chi connectivity index (χ1n) is 8.73. The molecule has 0 amide bonds. The van der Waals surface area contributed by atoms with Crippen LogP contribution in [0.25, 0.3) is 0 Å². The van der Waals surface area contributed by atoms with Crippen LogP contribution in [0.2, 0.25) is 10.0 Å². The van der Waals surface area contributed by atoms with Gasteiger partial charge in [0.05, 0.1) is 38.9 Å². The number of benzene rings is 1. The first-order valence-corrected chi connectivity index (χ1v) is 9.49. The molecule has 0 aliphatic heterocycles. The van der Waals surface area contributed by atoms with E-state index in [1.807, 2.05) is 33.0 Å². The van der Waals surface area contributed by atoms with E-state index in [4.69, 9.17) is 32.8 Å². The Morgan fingerprint density at radius 1 is 1.14 bits per heavy atom. The minimum atomic E-state index is 0.207. The summed E-state index contributed by atoms with van der Waals surface area (Å²) in [4.78, 5) is 5.44. The second-order valence-electron chi connectivity index (χ2n) is 6.15. The Kier molecular flexibility index (Phi) is 6.26. The first-order chi connectivity index (χ1) is 13.4. The quantitative estimate of drug-likeness (QED) is 0.410. The maximum Gasteiger partial charge on any atom is 0.226 e. The molecule has 7 nitrogen and oxygen atoms in total. The summed E-state index contributed by atoms with van der Waals surface area (Å²) in [6.07, 6.45) is 2.33. The standard InChI is InChI=1S/C19H21Cl2N5O2/c1-5-15-18(21)16(25(3)24-15)11-27-22-10-13-12(2)23-26(4)19(13)28-17-9-7-6-8-14(17)20/h6-10H,5,11H2,1-4H3/b22-10+. The molecule has 0 saturated heterocycles. The Balaban J connectivity index is 1.76. The molecular weight excluding hydrogens is 401 g/mol. The van der Waals surface area contributed by atoms with Gasteiger partial charge in [-0.2, -0.15) is 10.2 Å². The molecule has 2 aromatic heterocycles. The predicted octanol–water partition coefficient (Wildman–Crippen LogP) is 4.67. The summed E-state index contributed by atoms with van der Waals surface area (Å²) in [7, 11) is 3.62. The average Bonchev–Trinajstić information content (AvgIpc) is 3.09.